The molecule has 13 heteroatoms. The quantitative estimate of drug-likeness (QED) is 0.255. The van der Waals surface area contributed by atoms with E-state index in [1.54, 1.807) is 30.3 Å². The normalized spacial score (nSPS) is 19.5. The third-order valence-corrected chi connectivity index (χ3v) is 7.34. The minimum Gasteiger partial charge on any atom is -0.469 e. The average Bonchev–Trinajstić information content (AvgIpc) is 3.24. The summed E-state index contributed by atoms with van der Waals surface area (Å²) in [5.74, 6) is 0.00483. The Bertz CT molecular complexity index is 1180. The van der Waals surface area contributed by atoms with Crippen LogP contribution in [0.3, 0.4) is 0 Å². The maximum Gasteiger partial charge on any atom is 0.459 e. The molecule has 0 radical (unpaired) electrons. The summed E-state index contributed by atoms with van der Waals surface area (Å²) in [5, 5.41) is 13.0. The highest BCUT2D eigenvalue weighted by atomic mass is 31.2. The molecule has 1 aromatic heterocycles. The maximum absolute atomic E-state index is 13.6. The summed E-state index contributed by atoms with van der Waals surface area (Å²) in [6.45, 7) is 5.38. The molecule has 1 aliphatic rings. The number of carbonyl (C=O) groups is 1. The van der Waals surface area contributed by atoms with Crippen molar-refractivity contribution in [3.05, 3.63) is 64.9 Å². The number of carbonyl (C=O) groups excluding carboxylic acids is 1. The number of aromatic nitrogens is 2. The fraction of sp³-hybridized carbons (Fsp3) is 0.458. The third kappa shape index (κ3) is 7.90. The van der Waals surface area contributed by atoms with Crippen molar-refractivity contribution in [2.24, 2.45) is 5.92 Å². The molecule has 202 valence electrons. The fourth-order valence-electron chi connectivity index (χ4n) is 3.46. The first-order chi connectivity index (χ1) is 17.6. The van der Waals surface area contributed by atoms with Crippen LogP contribution in [0.2, 0.25) is 0 Å². The van der Waals surface area contributed by atoms with Crippen LogP contribution in [0.5, 0.6) is 5.75 Å². The van der Waals surface area contributed by atoms with Gasteiger partial charge >= 0.3 is 19.4 Å². The van der Waals surface area contributed by atoms with Crippen LogP contribution < -0.4 is 21.0 Å². The molecule has 2 aromatic rings. The summed E-state index contributed by atoms with van der Waals surface area (Å²) in [4.78, 5) is 28.3. The molecule has 37 heavy (non-hydrogen) atoms. The van der Waals surface area contributed by atoms with Crippen molar-refractivity contribution in [3.8, 4) is 5.75 Å². The van der Waals surface area contributed by atoms with Crippen LogP contribution in [-0.4, -0.2) is 46.0 Å². The third-order valence-electron chi connectivity index (χ3n) is 5.71. The molecule has 0 aliphatic carbocycles. The summed E-state index contributed by atoms with van der Waals surface area (Å²) < 4.78 is 36.9. The number of esters is 1. The van der Waals surface area contributed by atoms with Gasteiger partial charge in [0.15, 0.2) is 0 Å². The van der Waals surface area contributed by atoms with E-state index in [2.05, 4.69) is 10.1 Å². The van der Waals surface area contributed by atoms with Crippen LogP contribution in [0, 0.1) is 5.92 Å². The highest BCUT2D eigenvalue weighted by molar-refractivity contribution is 7.52. The number of para-hydroxylation sites is 1. The van der Waals surface area contributed by atoms with E-state index >= 15 is 0 Å². The SMILES string of the molecule is CCC(CC)COC(=O)[C@H](C)N[P@](=O)(OCC1=CC(O)C(n2ccc(N)nc2=O)O1)Oc1ccccc1. The van der Waals surface area contributed by atoms with E-state index < -0.39 is 44.4 Å². The molecule has 1 aromatic carbocycles. The topological polar surface area (TPSA) is 164 Å². The zero-order valence-electron chi connectivity index (χ0n) is 21.0. The predicted molar refractivity (Wildman–Crippen MR) is 135 cm³/mol. The Hall–Kier alpha value is -3.18. The number of ether oxygens (including phenoxy) is 2. The summed E-state index contributed by atoms with van der Waals surface area (Å²) in [6, 6.07) is 8.68. The van der Waals surface area contributed by atoms with E-state index in [-0.39, 0.29) is 29.9 Å². The molecule has 0 saturated heterocycles. The Morgan fingerprint density at radius 2 is 1.97 bits per heavy atom. The first kappa shape index (κ1) is 28.4. The molecule has 0 spiro atoms. The van der Waals surface area contributed by atoms with Gasteiger partial charge in [-0.2, -0.15) is 10.1 Å². The zero-order chi connectivity index (χ0) is 27.0. The van der Waals surface area contributed by atoms with Gasteiger partial charge in [-0.3, -0.25) is 13.9 Å². The Labute approximate surface area is 215 Å². The molecule has 12 nitrogen and oxygen atoms in total. The number of aliphatic hydroxyl groups excluding tert-OH is 1. The standard InChI is InChI=1S/C24H33N4O8P/c1-4-17(5-2)14-33-23(30)16(3)27-37(32,36-18-9-7-6-8-10-18)34-15-19-13-20(29)22(35-19)28-12-11-21(25)26-24(28)31/h6-13,16-17,20,22,29H,4-5,14-15H2,1-3H3,(H,27,32)(H2,25,26,31)/t16-,20?,22?,37-/m0/s1. The highest BCUT2D eigenvalue weighted by Crippen LogP contribution is 2.45. The van der Waals surface area contributed by atoms with Crippen LogP contribution in [-0.2, 0) is 23.4 Å². The van der Waals surface area contributed by atoms with E-state index in [0.29, 0.717) is 0 Å². The maximum atomic E-state index is 13.6. The summed E-state index contributed by atoms with van der Waals surface area (Å²) >= 11 is 0. The second-order valence-corrected chi connectivity index (χ2v) is 10.2. The van der Waals surface area contributed by atoms with Crippen molar-refractivity contribution in [1.29, 1.82) is 0 Å². The number of nitrogens with one attached hydrogen (secondary N) is 1. The van der Waals surface area contributed by atoms with Gasteiger partial charge in [0.1, 0.15) is 36.1 Å². The molecule has 2 heterocycles. The second kappa shape index (κ2) is 12.9. The molecule has 0 saturated carbocycles. The largest absolute Gasteiger partial charge is 0.469 e. The van der Waals surface area contributed by atoms with Crippen LogP contribution in [0.15, 0.2) is 59.2 Å². The molecule has 0 amide bonds. The lowest BCUT2D eigenvalue weighted by molar-refractivity contribution is -0.146. The molecule has 3 rings (SSSR count). The predicted octanol–water partition coefficient (Wildman–Crippen LogP) is 2.76. The van der Waals surface area contributed by atoms with Gasteiger partial charge in [-0.1, -0.05) is 44.9 Å². The molecule has 0 fully saturated rings. The lowest BCUT2D eigenvalue weighted by atomic mass is 10.1. The van der Waals surface area contributed by atoms with Gasteiger partial charge < -0.3 is 24.8 Å². The Morgan fingerprint density at radius 3 is 2.62 bits per heavy atom. The average molecular weight is 537 g/mol. The van der Waals surface area contributed by atoms with Gasteiger partial charge in [-0.25, -0.2) is 9.36 Å². The Balaban J connectivity index is 1.69. The minimum absolute atomic E-state index is 0.0304. The zero-order valence-corrected chi connectivity index (χ0v) is 21.9. The number of aliphatic hydroxyl groups is 1. The lowest BCUT2D eigenvalue weighted by Crippen LogP contribution is -2.36. The highest BCUT2D eigenvalue weighted by Gasteiger charge is 2.35. The summed E-state index contributed by atoms with van der Waals surface area (Å²) in [5.41, 5.74) is 4.80. The summed E-state index contributed by atoms with van der Waals surface area (Å²) in [7, 11) is -4.14. The lowest BCUT2D eigenvalue weighted by Gasteiger charge is -2.24. The van der Waals surface area contributed by atoms with Crippen LogP contribution in [0.1, 0.15) is 39.8 Å². The number of anilines is 1. The molecular weight excluding hydrogens is 503 g/mol. The van der Waals surface area contributed by atoms with E-state index in [9.17, 15) is 19.3 Å². The van der Waals surface area contributed by atoms with Crippen molar-refractivity contribution in [1.82, 2.24) is 14.6 Å². The van der Waals surface area contributed by atoms with Crippen molar-refractivity contribution in [2.45, 2.75) is 52.0 Å². The minimum atomic E-state index is -4.14. The number of hydrogen-bond acceptors (Lipinski definition) is 10. The summed E-state index contributed by atoms with van der Waals surface area (Å²) in [6.07, 6.45) is 2.07. The van der Waals surface area contributed by atoms with E-state index in [0.717, 1.165) is 17.4 Å². The van der Waals surface area contributed by atoms with Gasteiger partial charge in [0.05, 0.1) is 6.61 Å². The van der Waals surface area contributed by atoms with E-state index in [1.165, 1.54) is 25.3 Å². The second-order valence-electron chi connectivity index (χ2n) is 8.51. The van der Waals surface area contributed by atoms with Gasteiger partial charge in [0.2, 0.25) is 6.23 Å². The van der Waals surface area contributed by atoms with Crippen molar-refractivity contribution in [3.63, 3.8) is 0 Å². The van der Waals surface area contributed by atoms with Crippen molar-refractivity contribution in [2.75, 3.05) is 18.9 Å². The number of nitrogens with two attached hydrogens (primary N) is 1. The van der Waals surface area contributed by atoms with Gasteiger partial charge in [0.25, 0.3) is 0 Å². The van der Waals surface area contributed by atoms with Crippen molar-refractivity contribution < 1.29 is 33.0 Å². The first-order valence-electron chi connectivity index (χ1n) is 12.0. The molecule has 1 aliphatic heterocycles. The molecule has 0 bridgehead atoms. The monoisotopic (exact) mass is 536 g/mol. The molecular formula is C24H33N4O8P. The Morgan fingerprint density at radius 1 is 1.27 bits per heavy atom. The smallest absolute Gasteiger partial charge is 0.459 e. The molecule has 4 atom stereocenters. The van der Waals surface area contributed by atoms with Crippen LogP contribution in [0.4, 0.5) is 5.82 Å². The number of rotatable bonds is 13. The number of nitrogen functional groups attached to an aromatic ring is 1. The van der Waals surface area contributed by atoms with E-state index in [4.69, 9.17) is 24.3 Å². The fourth-order valence-corrected chi connectivity index (χ4v) is 4.91. The number of nitrogens with zero attached hydrogens (tertiary/aromatic N) is 2. The van der Waals surface area contributed by atoms with Gasteiger partial charge in [-0.15, -0.1) is 0 Å². The van der Waals surface area contributed by atoms with E-state index in [1.807, 2.05) is 13.8 Å². The van der Waals surface area contributed by atoms with Crippen molar-refractivity contribution >= 4 is 19.5 Å². The van der Waals surface area contributed by atoms with Gasteiger partial charge in [0, 0.05) is 6.20 Å². The van der Waals surface area contributed by atoms with Crippen LogP contribution >= 0.6 is 7.75 Å². The number of benzene rings is 1. The first-order valence-corrected chi connectivity index (χ1v) is 13.5. The number of hydrogen-bond donors (Lipinski definition) is 3. The Kier molecular flexibility index (Phi) is 9.87. The van der Waals surface area contributed by atoms with Gasteiger partial charge in [-0.05, 0) is 37.1 Å². The molecule has 4 N–H and O–H groups in total. The van der Waals surface area contributed by atoms with Crippen LogP contribution in [0.25, 0.3) is 0 Å². The molecule has 2 unspecified atom stereocenters.